The molecule has 0 atom stereocenters. The quantitative estimate of drug-likeness (QED) is 0.665. The Labute approximate surface area is 76.8 Å². The molecule has 0 aliphatic rings. The van der Waals surface area contributed by atoms with Gasteiger partial charge in [0.15, 0.2) is 0 Å². The van der Waals surface area contributed by atoms with E-state index in [1.165, 1.54) is 0 Å². The van der Waals surface area contributed by atoms with Gasteiger partial charge in [-0.05, 0) is 6.07 Å². The van der Waals surface area contributed by atoms with Crippen molar-refractivity contribution in [3.63, 3.8) is 0 Å². The number of nitrogens with two attached hydrogens (primary N) is 1. The maximum absolute atomic E-state index is 5.83. The largest absolute Gasteiger partial charge is 0.330 e. The average molecular weight is 181 g/mol. The Kier molecular flexibility index (Phi) is 3.59. The highest BCUT2D eigenvalue weighted by atomic mass is 35.5. The number of aromatic nitrogens is 1. The second-order valence-corrected chi connectivity index (χ2v) is 2.60. The lowest BCUT2D eigenvalue weighted by Crippen LogP contribution is -1.95. The molecule has 0 unspecified atom stereocenters. The van der Waals surface area contributed by atoms with Crippen molar-refractivity contribution in [2.45, 2.75) is 6.42 Å². The van der Waals surface area contributed by atoms with E-state index in [0.717, 1.165) is 5.56 Å². The minimum Gasteiger partial charge on any atom is -0.330 e. The van der Waals surface area contributed by atoms with Crippen LogP contribution in [0.25, 0.3) is 0 Å². The van der Waals surface area contributed by atoms with Crippen LogP contribution in [0.3, 0.4) is 0 Å². The van der Waals surface area contributed by atoms with Crippen LogP contribution in [0.1, 0.15) is 12.0 Å². The first-order valence-electron chi connectivity index (χ1n) is 3.63. The topological polar surface area (TPSA) is 38.9 Å². The molecule has 3 heteroatoms. The molecule has 0 radical (unpaired) electrons. The molecule has 0 fully saturated rings. The van der Waals surface area contributed by atoms with Crippen molar-refractivity contribution in [2.24, 2.45) is 5.73 Å². The van der Waals surface area contributed by atoms with Crippen LogP contribution in [0.4, 0.5) is 0 Å². The zero-order valence-electron chi connectivity index (χ0n) is 6.55. The SMILES string of the molecule is NCCC#Cc1cnccc1Cl. The van der Waals surface area contributed by atoms with Gasteiger partial charge in [-0.25, -0.2) is 0 Å². The highest BCUT2D eigenvalue weighted by Crippen LogP contribution is 2.11. The third-order valence-corrected chi connectivity index (χ3v) is 1.59. The van der Waals surface area contributed by atoms with Crippen molar-refractivity contribution in [3.05, 3.63) is 29.0 Å². The second-order valence-electron chi connectivity index (χ2n) is 2.20. The summed E-state index contributed by atoms with van der Waals surface area (Å²) in [5, 5.41) is 0.634. The molecule has 0 spiro atoms. The smallest absolute Gasteiger partial charge is 0.0615 e. The molecule has 62 valence electrons. The van der Waals surface area contributed by atoms with Crippen molar-refractivity contribution < 1.29 is 0 Å². The van der Waals surface area contributed by atoms with Gasteiger partial charge < -0.3 is 5.73 Å². The summed E-state index contributed by atoms with van der Waals surface area (Å²) in [6.45, 7) is 0.574. The molecule has 0 aromatic carbocycles. The van der Waals surface area contributed by atoms with E-state index >= 15 is 0 Å². The molecule has 0 amide bonds. The van der Waals surface area contributed by atoms with Crippen LogP contribution in [0.5, 0.6) is 0 Å². The Morgan fingerprint density at radius 2 is 2.42 bits per heavy atom. The van der Waals surface area contributed by atoms with Crippen molar-refractivity contribution in [2.75, 3.05) is 6.54 Å². The standard InChI is InChI=1S/C9H9ClN2/c10-9-4-6-12-7-8(9)3-1-2-5-11/h4,6-7H,2,5,11H2. The van der Waals surface area contributed by atoms with Gasteiger partial charge in [0, 0.05) is 25.4 Å². The summed E-state index contributed by atoms with van der Waals surface area (Å²) < 4.78 is 0. The summed E-state index contributed by atoms with van der Waals surface area (Å²) in [4.78, 5) is 3.91. The maximum atomic E-state index is 5.83. The minimum atomic E-state index is 0.574. The maximum Gasteiger partial charge on any atom is 0.0615 e. The lowest BCUT2D eigenvalue weighted by molar-refractivity contribution is 1.03. The molecule has 0 aliphatic carbocycles. The number of nitrogens with zero attached hydrogens (tertiary/aromatic N) is 1. The number of rotatable bonds is 1. The van der Waals surface area contributed by atoms with E-state index in [2.05, 4.69) is 16.8 Å². The van der Waals surface area contributed by atoms with Crippen LogP contribution in [0, 0.1) is 11.8 Å². The van der Waals surface area contributed by atoms with Crippen LogP contribution in [-0.4, -0.2) is 11.5 Å². The first kappa shape index (κ1) is 9.05. The highest BCUT2D eigenvalue weighted by Gasteiger charge is 1.92. The average Bonchev–Trinajstić information content (AvgIpc) is 2.09. The third kappa shape index (κ3) is 2.54. The molecule has 0 bridgehead atoms. The van der Waals surface area contributed by atoms with Crippen molar-refractivity contribution >= 4 is 11.6 Å². The van der Waals surface area contributed by atoms with Crippen molar-refractivity contribution in [1.82, 2.24) is 4.98 Å². The molecule has 2 N–H and O–H groups in total. The van der Waals surface area contributed by atoms with Gasteiger partial charge in [-0.3, -0.25) is 4.98 Å². The van der Waals surface area contributed by atoms with E-state index in [0.29, 0.717) is 18.0 Å². The van der Waals surface area contributed by atoms with E-state index in [4.69, 9.17) is 17.3 Å². The molecule has 1 rings (SSSR count). The second kappa shape index (κ2) is 4.76. The van der Waals surface area contributed by atoms with Gasteiger partial charge in [-0.1, -0.05) is 23.4 Å². The number of hydrogen-bond acceptors (Lipinski definition) is 2. The molecule has 1 heterocycles. The summed E-state index contributed by atoms with van der Waals surface area (Å²) in [6, 6.07) is 1.72. The van der Waals surface area contributed by atoms with E-state index in [-0.39, 0.29) is 0 Å². The fraction of sp³-hybridized carbons (Fsp3) is 0.222. The molecule has 0 saturated carbocycles. The lowest BCUT2D eigenvalue weighted by Gasteiger charge is -1.91. The minimum absolute atomic E-state index is 0.574. The van der Waals surface area contributed by atoms with Crippen LogP contribution in [0.15, 0.2) is 18.5 Å². The van der Waals surface area contributed by atoms with E-state index in [1.54, 1.807) is 18.5 Å². The molecular weight excluding hydrogens is 172 g/mol. The molecule has 0 saturated heterocycles. The van der Waals surface area contributed by atoms with Gasteiger partial charge in [0.05, 0.1) is 10.6 Å². The molecule has 1 aromatic heterocycles. The van der Waals surface area contributed by atoms with Gasteiger partial charge in [0.2, 0.25) is 0 Å². The molecule has 12 heavy (non-hydrogen) atoms. The number of halogens is 1. The normalized spacial score (nSPS) is 8.83. The predicted octanol–water partition coefficient (Wildman–Crippen LogP) is 1.44. The zero-order chi connectivity index (χ0) is 8.81. The lowest BCUT2D eigenvalue weighted by atomic mass is 10.3. The number of pyridine rings is 1. The predicted molar refractivity (Wildman–Crippen MR) is 49.8 cm³/mol. The fourth-order valence-corrected chi connectivity index (χ4v) is 0.852. The zero-order valence-corrected chi connectivity index (χ0v) is 7.30. The summed E-state index contributed by atoms with van der Waals surface area (Å²) in [7, 11) is 0. The van der Waals surface area contributed by atoms with Gasteiger partial charge >= 0.3 is 0 Å². The van der Waals surface area contributed by atoms with E-state index in [1.807, 2.05) is 0 Å². The van der Waals surface area contributed by atoms with Gasteiger partial charge in [-0.15, -0.1) is 0 Å². The highest BCUT2D eigenvalue weighted by molar-refractivity contribution is 6.31. The Morgan fingerprint density at radius 1 is 1.58 bits per heavy atom. The van der Waals surface area contributed by atoms with E-state index in [9.17, 15) is 0 Å². The van der Waals surface area contributed by atoms with E-state index < -0.39 is 0 Å². The van der Waals surface area contributed by atoms with Crippen molar-refractivity contribution in [1.29, 1.82) is 0 Å². The summed E-state index contributed by atoms with van der Waals surface area (Å²) in [5.74, 6) is 5.78. The Hall–Kier alpha value is -1.04. The molecule has 0 aliphatic heterocycles. The third-order valence-electron chi connectivity index (χ3n) is 1.26. The first-order valence-corrected chi connectivity index (χ1v) is 4.01. The van der Waals surface area contributed by atoms with Gasteiger partial charge in [-0.2, -0.15) is 0 Å². The Morgan fingerprint density at radius 3 is 3.08 bits per heavy atom. The van der Waals surface area contributed by atoms with Gasteiger partial charge in [0.1, 0.15) is 0 Å². The monoisotopic (exact) mass is 180 g/mol. The summed E-state index contributed by atoms with van der Waals surface area (Å²) >= 11 is 5.83. The van der Waals surface area contributed by atoms with Crippen molar-refractivity contribution in [3.8, 4) is 11.8 Å². The molecular formula is C9H9ClN2. The van der Waals surface area contributed by atoms with Crippen LogP contribution >= 0.6 is 11.6 Å². The van der Waals surface area contributed by atoms with Crippen LogP contribution in [0.2, 0.25) is 5.02 Å². The van der Waals surface area contributed by atoms with Crippen LogP contribution < -0.4 is 5.73 Å². The van der Waals surface area contributed by atoms with Crippen LogP contribution in [-0.2, 0) is 0 Å². The fourth-order valence-electron chi connectivity index (χ4n) is 0.699. The molecule has 2 nitrogen and oxygen atoms in total. The Bertz CT molecular complexity index is 312. The summed E-state index contributed by atoms with van der Waals surface area (Å²) in [6.07, 6.45) is 3.97. The molecule has 1 aromatic rings. The number of hydrogen-bond donors (Lipinski definition) is 1. The first-order chi connectivity index (χ1) is 5.84. The Balaban J connectivity index is 2.77. The van der Waals surface area contributed by atoms with Gasteiger partial charge in [0.25, 0.3) is 0 Å². The summed E-state index contributed by atoms with van der Waals surface area (Å²) in [5.41, 5.74) is 6.04.